The lowest BCUT2D eigenvalue weighted by Crippen LogP contribution is -2.48. The Bertz CT molecular complexity index is 360. The molecule has 4 heteroatoms. The third-order valence-corrected chi connectivity index (χ3v) is 5.20. The van der Waals surface area contributed by atoms with Crippen LogP contribution in [0.5, 0.6) is 0 Å². The smallest absolute Gasteiger partial charge is 0.226 e. The van der Waals surface area contributed by atoms with E-state index in [0.29, 0.717) is 12.5 Å². The molecule has 1 saturated heterocycles. The SMILES string of the molecule is CC1CCCC(O)(CNC(=O)C2C(C)OC(C)C2C)C1. The fourth-order valence-corrected chi connectivity index (χ4v) is 3.88. The van der Waals surface area contributed by atoms with Gasteiger partial charge in [0, 0.05) is 6.54 Å². The highest BCUT2D eigenvalue weighted by molar-refractivity contribution is 5.80. The fraction of sp³-hybridized carbons (Fsp3) is 0.938. The zero-order valence-electron chi connectivity index (χ0n) is 13.2. The molecule has 6 unspecified atom stereocenters. The van der Waals surface area contributed by atoms with Gasteiger partial charge in [0.1, 0.15) is 0 Å². The highest BCUT2D eigenvalue weighted by atomic mass is 16.5. The minimum Gasteiger partial charge on any atom is -0.388 e. The van der Waals surface area contributed by atoms with E-state index >= 15 is 0 Å². The van der Waals surface area contributed by atoms with Crippen molar-refractivity contribution >= 4 is 5.91 Å². The summed E-state index contributed by atoms with van der Waals surface area (Å²) in [6.45, 7) is 8.59. The molecular weight excluding hydrogens is 254 g/mol. The Hall–Kier alpha value is -0.610. The summed E-state index contributed by atoms with van der Waals surface area (Å²) in [5.41, 5.74) is -0.717. The third-order valence-electron chi connectivity index (χ3n) is 5.20. The quantitative estimate of drug-likeness (QED) is 0.834. The lowest BCUT2D eigenvalue weighted by atomic mass is 9.78. The number of amides is 1. The van der Waals surface area contributed by atoms with Crippen LogP contribution in [0.1, 0.15) is 53.4 Å². The maximum atomic E-state index is 12.4. The molecule has 2 rings (SSSR count). The van der Waals surface area contributed by atoms with Crippen LogP contribution in [0.25, 0.3) is 0 Å². The van der Waals surface area contributed by atoms with Crippen LogP contribution >= 0.6 is 0 Å². The van der Waals surface area contributed by atoms with Crippen molar-refractivity contribution in [3.63, 3.8) is 0 Å². The predicted molar refractivity (Wildman–Crippen MR) is 78.3 cm³/mol. The molecule has 1 amide bonds. The van der Waals surface area contributed by atoms with Gasteiger partial charge in [-0.2, -0.15) is 0 Å². The molecule has 116 valence electrons. The van der Waals surface area contributed by atoms with E-state index in [9.17, 15) is 9.90 Å². The van der Waals surface area contributed by atoms with Crippen molar-refractivity contribution in [2.45, 2.75) is 71.2 Å². The highest BCUT2D eigenvalue weighted by Gasteiger charge is 2.42. The average molecular weight is 283 g/mol. The molecule has 0 aromatic heterocycles. The summed E-state index contributed by atoms with van der Waals surface area (Å²) < 4.78 is 5.72. The molecule has 2 N–H and O–H groups in total. The first kappa shape index (κ1) is 15.8. The largest absolute Gasteiger partial charge is 0.388 e. The lowest BCUT2D eigenvalue weighted by molar-refractivity contribution is -0.129. The molecule has 1 aliphatic carbocycles. The van der Waals surface area contributed by atoms with Crippen LogP contribution in [0, 0.1) is 17.8 Å². The zero-order valence-corrected chi connectivity index (χ0v) is 13.2. The Morgan fingerprint density at radius 3 is 2.55 bits per heavy atom. The second-order valence-electron chi connectivity index (χ2n) is 7.07. The number of hydrogen-bond donors (Lipinski definition) is 2. The van der Waals surface area contributed by atoms with Crippen molar-refractivity contribution in [1.82, 2.24) is 5.32 Å². The van der Waals surface area contributed by atoms with Crippen LogP contribution in [-0.4, -0.2) is 35.4 Å². The van der Waals surface area contributed by atoms with E-state index in [1.807, 2.05) is 13.8 Å². The predicted octanol–water partition coefficient (Wildman–Crippen LogP) is 2.10. The van der Waals surface area contributed by atoms with Gasteiger partial charge in [-0.25, -0.2) is 0 Å². The van der Waals surface area contributed by atoms with E-state index in [1.54, 1.807) is 0 Å². The van der Waals surface area contributed by atoms with Gasteiger partial charge in [0.05, 0.1) is 23.7 Å². The van der Waals surface area contributed by atoms with Crippen LogP contribution in [0.2, 0.25) is 0 Å². The Labute approximate surface area is 122 Å². The van der Waals surface area contributed by atoms with Gasteiger partial charge in [0.15, 0.2) is 0 Å². The van der Waals surface area contributed by atoms with Crippen LogP contribution < -0.4 is 5.32 Å². The number of aliphatic hydroxyl groups is 1. The van der Waals surface area contributed by atoms with E-state index in [4.69, 9.17) is 4.74 Å². The first-order valence-corrected chi connectivity index (χ1v) is 7.98. The van der Waals surface area contributed by atoms with E-state index in [0.717, 1.165) is 19.3 Å². The van der Waals surface area contributed by atoms with E-state index in [2.05, 4.69) is 19.2 Å². The molecule has 0 aromatic carbocycles. The Morgan fingerprint density at radius 1 is 1.30 bits per heavy atom. The van der Waals surface area contributed by atoms with Crippen LogP contribution in [0.3, 0.4) is 0 Å². The summed E-state index contributed by atoms with van der Waals surface area (Å²) in [4.78, 5) is 12.4. The van der Waals surface area contributed by atoms with Crippen LogP contribution in [0.4, 0.5) is 0 Å². The van der Waals surface area contributed by atoms with Crippen LogP contribution in [0.15, 0.2) is 0 Å². The minimum absolute atomic E-state index is 0.0287. The minimum atomic E-state index is -0.717. The van der Waals surface area contributed by atoms with Crippen molar-refractivity contribution < 1.29 is 14.6 Å². The Balaban J connectivity index is 1.89. The van der Waals surface area contributed by atoms with Gasteiger partial charge in [-0.15, -0.1) is 0 Å². The molecular formula is C16H29NO3. The molecule has 20 heavy (non-hydrogen) atoms. The molecule has 0 spiro atoms. The van der Waals surface area contributed by atoms with E-state index < -0.39 is 5.60 Å². The summed E-state index contributed by atoms with van der Waals surface area (Å²) in [6.07, 6.45) is 3.89. The molecule has 1 aliphatic heterocycles. The summed E-state index contributed by atoms with van der Waals surface area (Å²) in [6, 6.07) is 0. The second-order valence-corrected chi connectivity index (χ2v) is 7.07. The number of nitrogens with one attached hydrogen (secondary N) is 1. The van der Waals surface area contributed by atoms with Gasteiger partial charge in [0.25, 0.3) is 0 Å². The molecule has 2 aliphatic rings. The summed E-state index contributed by atoms with van der Waals surface area (Å²) in [7, 11) is 0. The first-order chi connectivity index (χ1) is 9.32. The van der Waals surface area contributed by atoms with Gasteiger partial charge in [-0.05, 0) is 38.5 Å². The van der Waals surface area contributed by atoms with E-state index in [1.165, 1.54) is 6.42 Å². The Morgan fingerprint density at radius 2 is 2.00 bits per heavy atom. The molecule has 6 atom stereocenters. The number of carbonyl (C=O) groups excluding carboxylic acids is 1. The lowest BCUT2D eigenvalue weighted by Gasteiger charge is -2.36. The topological polar surface area (TPSA) is 58.6 Å². The second kappa shape index (κ2) is 6.02. The van der Waals surface area contributed by atoms with Gasteiger partial charge < -0.3 is 15.2 Å². The van der Waals surface area contributed by atoms with Crippen molar-refractivity contribution in [1.29, 1.82) is 0 Å². The Kier molecular flexibility index (Phi) is 4.75. The third kappa shape index (κ3) is 3.34. The van der Waals surface area contributed by atoms with Gasteiger partial charge in [0.2, 0.25) is 5.91 Å². The molecule has 1 saturated carbocycles. The number of rotatable bonds is 3. The molecule has 0 bridgehead atoms. The van der Waals surface area contributed by atoms with E-state index in [-0.39, 0.29) is 30.0 Å². The number of carbonyl (C=O) groups is 1. The van der Waals surface area contributed by atoms with Crippen molar-refractivity contribution in [3.8, 4) is 0 Å². The maximum Gasteiger partial charge on any atom is 0.226 e. The molecule has 0 aromatic rings. The zero-order chi connectivity index (χ0) is 14.9. The van der Waals surface area contributed by atoms with Crippen molar-refractivity contribution in [2.75, 3.05) is 6.54 Å². The van der Waals surface area contributed by atoms with Crippen molar-refractivity contribution in [3.05, 3.63) is 0 Å². The highest BCUT2D eigenvalue weighted by Crippen LogP contribution is 2.34. The molecule has 1 heterocycles. The van der Waals surface area contributed by atoms with Crippen molar-refractivity contribution in [2.24, 2.45) is 17.8 Å². The molecule has 4 nitrogen and oxygen atoms in total. The monoisotopic (exact) mass is 283 g/mol. The fourth-order valence-electron chi connectivity index (χ4n) is 3.88. The molecule has 0 radical (unpaired) electrons. The van der Waals surface area contributed by atoms with Gasteiger partial charge >= 0.3 is 0 Å². The first-order valence-electron chi connectivity index (χ1n) is 7.98. The summed E-state index contributed by atoms with van der Waals surface area (Å²) >= 11 is 0. The average Bonchev–Trinajstić information content (AvgIpc) is 2.60. The number of ether oxygens (including phenoxy) is 1. The summed E-state index contributed by atoms with van der Waals surface area (Å²) in [5.74, 6) is 0.693. The van der Waals surface area contributed by atoms with Gasteiger partial charge in [-0.1, -0.05) is 26.7 Å². The summed E-state index contributed by atoms with van der Waals surface area (Å²) in [5, 5.41) is 13.5. The van der Waals surface area contributed by atoms with Crippen LogP contribution in [-0.2, 0) is 9.53 Å². The van der Waals surface area contributed by atoms with Gasteiger partial charge in [-0.3, -0.25) is 4.79 Å². The standard InChI is InChI=1S/C16H29NO3/c1-10-6-5-7-16(19,8-10)9-17-15(18)14-11(2)12(3)20-13(14)4/h10-14,19H,5-9H2,1-4H3,(H,17,18). The maximum absolute atomic E-state index is 12.4. The normalized spacial score (nSPS) is 45.4. The molecule has 2 fully saturated rings. The number of hydrogen-bond acceptors (Lipinski definition) is 3.